The second kappa shape index (κ2) is 3.25. The largest absolute Gasteiger partial charge is 0.336 e. The lowest BCUT2D eigenvalue weighted by Gasteiger charge is -1.95. The molecule has 0 saturated heterocycles. The summed E-state index contributed by atoms with van der Waals surface area (Å²) in [7, 11) is 0. The van der Waals surface area contributed by atoms with Gasteiger partial charge in [-0.25, -0.2) is 5.32 Å². The average Bonchev–Trinajstić information content (AvgIpc) is 2.63. The molecule has 0 saturated carbocycles. The minimum atomic E-state index is 0.571. The Bertz CT molecular complexity index is 314. The molecule has 1 aromatic rings. The molecule has 1 N–H and O–H groups in total. The lowest BCUT2D eigenvalue weighted by atomic mass is 10.3. The molecule has 0 unspecified atom stereocenters. The van der Waals surface area contributed by atoms with Crippen LogP contribution in [0.5, 0.6) is 0 Å². The van der Waals surface area contributed by atoms with Crippen molar-refractivity contribution >= 4 is 28.7 Å². The maximum atomic E-state index is 4.87. The first-order valence-electron chi connectivity index (χ1n) is 3.58. The molecule has 2 heterocycles. The summed E-state index contributed by atoms with van der Waals surface area (Å²) in [6.45, 7) is 0. The monoisotopic (exact) mass is 195 g/mol. The molecule has 1 radical (unpaired) electrons. The van der Waals surface area contributed by atoms with Crippen LogP contribution in [0, 0.1) is 0 Å². The third-order valence-corrected chi connectivity index (χ3v) is 2.63. The summed E-state index contributed by atoms with van der Waals surface area (Å²) in [5.41, 5.74) is 1.02. The molecule has 12 heavy (non-hydrogen) atoms. The molecular weight excluding hydrogens is 188 g/mol. The van der Waals surface area contributed by atoms with Gasteiger partial charge in [-0.2, -0.15) is 0 Å². The van der Waals surface area contributed by atoms with Crippen LogP contribution in [0.25, 0.3) is 0 Å². The van der Waals surface area contributed by atoms with Crippen LogP contribution >= 0.6 is 23.6 Å². The van der Waals surface area contributed by atoms with Crippen molar-refractivity contribution < 1.29 is 0 Å². The summed E-state index contributed by atoms with van der Waals surface area (Å²) >= 11 is 6.60. The molecule has 0 spiro atoms. The number of allylic oxidation sites excluding steroid dienone is 1. The average molecular weight is 195 g/mol. The topological polar surface area (TPSA) is 26.1 Å². The van der Waals surface area contributed by atoms with Gasteiger partial charge in [-0.3, -0.25) is 0 Å². The number of nitrogens with zero attached hydrogens (tertiary/aromatic N) is 1. The van der Waals surface area contributed by atoms with E-state index in [1.165, 1.54) is 4.88 Å². The Morgan fingerprint density at radius 3 is 3.08 bits per heavy atom. The molecule has 2 nitrogen and oxygen atoms in total. The molecular formula is C8H7N2S2. The van der Waals surface area contributed by atoms with Crippen molar-refractivity contribution in [2.75, 3.05) is 0 Å². The lowest BCUT2D eigenvalue weighted by Crippen LogP contribution is -2.16. The molecule has 2 rings (SSSR count). The summed E-state index contributed by atoms with van der Waals surface area (Å²) < 4.78 is 0. The standard InChI is InChI=1S/C8H7N2S2/c11-8-9-5-6(10-8)4-7-2-1-3-12-7/h1-3,5H,4H2,(H,9,11). The van der Waals surface area contributed by atoms with Gasteiger partial charge in [0.05, 0.1) is 5.70 Å². The molecule has 0 fully saturated rings. The highest BCUT2D eigenvalue weighted by Crippen LogP contribution is 2.14. The van der Waals surface area contributed by atoms with Crippen molar-refractivity contribution in [1.29, 1.82) is 0 Å². The minimum Gasteiger partial charge on any atom is -0.336 e. The van der Waals surface area contributed by atoms with Gasteiger partial charge >= 0.3 is 0 Å². The highest BCUT2D eigenvalue weighted by Gasteiger charge is 2.10. The Kier molecular flexibility index (Phi) is 2.10. The van der Waals surface area contributed by atoms with Crippen LogP contribution in [-0.2, 0) is 6.42 Å². The van der Waals surface area contributed by atoms with Gasteiger partial charge < -0.3 is 5.32 Å². The fourth-order valence-electron chi connectivity index (χ4n) is 1.02. The van der Waals surface area contributed by atoms with E-state index in [0.717, 1.165) is 12.1 Å². The maximum Gasteiger partial charge on any atom is 0.197 e. The smallest absolute Gasteiger partial charge is 0.197 e. The van der Waals surface area contributed by atoms with Gasteiger partial charge in [0.1, 0.15) is 0 Å². The van der Waals surface area contributed by atoms with E-state index >= 15 is 0 Å². The predicted molar refractivity (Wildman–Crippen MR) is 54.0 cm³/mol. The van der Waals surface area contributed by atoms with Crippen LogP contribution in [0.4, 0.5) is 0 Å². The third-order valence-electron chi connectivity index (χ3n) is 1.54. The number of thiophene rings is 1. The van der Waals surface area contributed by atoms with Crippen LogP contribution in [0.15, 0.2) is 29.4 Å². The molecule has 61 valence electrons. The van der Waals surface area contributed by atoms with Crippen LogP contribution in [-0.4, -0.2) is 5.11 Å². The van der Waals surface area contributed by atoms with Crippen molar-refractivity contribution in [2.24, 2.45) is 0 Å². The van der Waals surface area contributed by atoms with Gasteiger partial charge in [-0.05, 0) is 23.7 Å². The zero-order valence-corrected chi connectivity index (χ0v) is 7.91. The van der Waals surface area contributed by atoms with Crippen LogP contribution < -0.4 is 10.6 Å². The Hall–Kier alpha value is -0.870. The van der Waals surface area contributed by atoms with Crippen LogP contribution in [0.1, 0.15) is 4.88 Å². The minimum absolute atomic E-state index is 0.571. The summed E-state index contributed by atoms with van der Waals surface area (Å²) in [4.78, 5) is 1.32. The van der Waals surface area contributed by atoms with Crippen LogP contribution in [0.2, 0.25) is 0 Å². The van der Waals surface area contributed by atoms with Gasteiger partial charge in [0.2, 0.25) is 0 Å². The van der Waals surface area contributed by atoms with E-state index in [-0.39, 0.29) is 0 Å². The number of hydrogen-bond acceptors (Lipinski definition) is 2. The second-order valence-corrected chi connectivity index (χ2v) is 3.87. The third kappa shape index (κ3) is 1.65. The fourth-order valence-corrected chi connectivity index (χ4v) is 1.92. The Labute approximate surface area is 80.3 Å². The zero-order valence-electron chi connectivity index (χ0n) is 6.28. The van der Waals surface area contributed by atoms with E-state index in [0.29, 0.717) is 5.11 Å². The van der Waals surface area contributed by atoms with Gasteiger partial charge in [0.15, 0.2) is 5.11 Å². The number of thiocarbonyl (C=S) groups is 1. The summed E-state index contributed by atoms with van der Waals surface area (Å²) in [6, 6.07) is 4.14. The van der Waals surface area contributed by atoms with Crippen molar-refractivity contribution in [3.8, 4) is 0 Å². The molecule has 0 bridgehead atoms. The molecule has 0 amide bonds. The van der Waals surface area contributed by atoms with Gasteiger partial charge in [-0.15, -0.1) is 11.3 Å². The Morgan fingerprint density at radius 2 is 2.50 bits per heavy atom. The fraction of sp³-hybridized carbons (Fsp3) is 0.125. The van der Waals surface area contributed by atoms with Crippen molar-refractivity contribution in [3.05, 3.63) is 34.3 Å². The Balaban J connectivity index is 2.01. The highest BCUT2D eigenvalue weighted by atomic mass is 32.1. The second-order valence-electron chi connectivity index (χ2n) is 2.45. The zero-order chi connectivity index (χ0) is 8.39. The molecule has 1 aliphatic rings. The predicted octanol–water partition coefficient (Wildman–Crippen LogP) is 1.62. The van der Waals surface area contributed by atoms with E-state index in [4.69, 9.17) is 12.2 Å². The lowest BCUT2D eigenvalue weighted by molar-refractivity contribution is 1.05. The normalized spacial score (nSPS) is 15.3. The van der Waals surface area contributed by atoms with Gasteiger partial charge in [-0.1, -0.05) is 6.07 Å². The van der Waals surface area contributed by atoms with E-state index in [9.17, 15) is 0 Å². The van der Waals surface area contributed by atoms with E-state index in [2.05, 4.69) is 22.1 Å². The van der Waals surface area contributed by atoms with Crippen molar-refractivity contribution in [3.63, 3.8) is 0 Å². The van der Waals surface area contributed by atoms with E-state index < -0.39 is 0 Å². The first-order valence-corrected chi connectivity index (χ1v) is 4.87. The first kappa shape index (κ1) is 7.76. The van der Waals surface area contributed by atoms with E-state index in [1.54, 1.807) is 11.3 Å². The highest BCUT2D eigenvalue weighted by molar-refractivity contribution is 7.80. The van der Waals surface area contributed by atoms with Crippen molar-refractivity contribution in [2.45, 2.75) is 6.42 Å². The Morgan fingerprint density at radius 1 is 1.58 bits per heavy atom. The van der Waals surface area contributed by atoms with E-state index in [1.807, 2.05) is 12.3 Å². The summed E-state index contributed by atoms with van der Waals surface area (Å²) in [5.74, 6) is 0. The SMILES string of the molecule is S=C1[N]C(Cc2cccs2)=CN1. The number of nitrogens with one attached hydrogen (secondary N) is 1. The van der Waals surface area contributed by atoms with Gasteiger partial charge in [0, 0.05) is 17.5 Å². The van der Waals surface area contributed by atoms with Crippen molar-refractivity contribution in [1.82, 2.24) is 10.6 Å². The molecule has 0 aromatic carbocycles. The summed E-state index contributed by atoms with van der Waals surface area (Å²) in [6.07, 6.45) is 2.74. The molecule has 0 aliphatic carbocycles. The molecule has 4 heteroatoms. The first-order chi connectivity index (χ1) is 5.84. The molecule has 0 atom stereocenters. The maximum absolute atomic E-state index is 4.87. The number of rotatable bonds is 2. The quantitative estimate of drug-likeness (QED) is 0.726. The molecule has 1 aliphatic heterocycles. The van der Waals surface area contributed by atoms with Crippen LogP contribution in [0.3, 0.4) is 0 Å². The van der Waals surface area contributed by atoms with Gasteiger partial charge in [0.25, 0.3) is 0 Å². The molecule has 1 aromatic heterocycles. The number of hydrogen-bond donors (Lipinski definition) is 1. The summed E-state index contributed by atoms with van der Waals surface area (Å²) in [5, 5.41) is 9.68.